The molecule has 0 spiro atoms. The van der Waals surface area contributed by atoms with E-state index in [1.54, 1.807) is 30.3 Å². The second-order valence-electron chi connectivity index (χ2n) is 4.40. The minimum Gasteiger partial charge on any atom is -0.481 e. The molecule has 0 amide bonds. The number of nitro groups is 1. The molecule has 2 aromatic rings. The van der Waals surface area contributed by atoms with E-state index in [9.17, 15) is 10.1 Å². The Bertz CT molecular complexity index is 708. The average molecular weight is 317 g/mol. The number of hydrogen-bond donors (Lipinski definition) is 1. The molecule has 112 valence electrons. The maximum absolute atomic E-state index is 10.6. The van der Waals surface area contributed by atoms with Gasteiger partial charge in [0, 0.05) is 35.0 Å². The smallest absolute Gasteiger partial charge is 0.269 e. The minimum atomic E-state index is -0.438. The first-order chi connectivity index (χ1) is 10.6. The third-order valence-corrected chi connectivity index (χ3v) is 3.13. The fourth-order valence-corrected chi connectivity index (χ4v) is 2.04. The summed E-state index contributed by atoms with van der Waals surface area (Å²) in [6.45, 7) is 0.629. The molecule has 2 aromatic carbocycles. The van der Waals surface area contributed by atoms with Crippen molar-refractivity contribution >= 4 is 23.0 Å². The number of ether oxygens (including phenoxy) is 1. The maximum Gasteiger partial charge on any atom is 0.269 e. The Balaban J connectivity index is 2.08. The van der Waals surface area contributed by atoms with Gasteiger partial charge in [0.1, 0.15) is 12.4 Å². The number of terminal acetylenes is 1. The van der Waals surface area contributed by atoms with Gasteiger partial charge in [0.25, 0.3) is 5.69 Å². The molecule has 5 nitrogen and oxygen atoms in total. The van der Waals surface area contributed by atoms with Gasteiger partial charge in [-0.3, -0.25) is 10.1 Å². The van der Waals surface area contributed by atoms with Crippen LogP contribution in [0.2, 0.25) is 5.02 Å². The third-order valence-electron chi connectivity index (χ3n) is 2.89. The van der Waals surface area contributed by atoms with Crippen molar-refractivity contribution in [3.63, 3.8) is 0 Å². The van der Waals surface area contributed by atoms with E-state index < -0.39 is 4.92 Å². The summed E-state index contributed by atoms with van der Waals surface area (Å²) in [5.41, 5.74) is 1.65. The third kappa shape index (κ3) is 4.14. The molecule has 0 saturated carbocycles. The fraction of sp³-hybridized carbons (Fsp3) is 0.125. The van der Waals surface area contributed by atoms with E-state index in [2.05, 4.69) is 11.2 Å². The predicted molar refractivity (Wildman–Crippen MR) is 86.2 cm³/mol. The molecule has 0 bridgehead atoms. The quantitative estimate of drug-likeness (QED) is 0.499. The Morgan fingerprint density at radius 2 is 2.00 bits per heavy atom. The van der Waals surface area contributed by atoms with Crippen molar-refractivity contribution in [1.82, 2.24) is 0 Å². The number of benzene rings is 2. The van der Waals surface area contributed by atoms with E-state index in [0.717, 1.165) is 11.3 Å². The molecule has 0 aliphatic rings. The molecule has 0 unspecified atom stereocenters. The van der Waals surface area contributed by atoms with Crippen molar-refractivity contribution in [2.45, 2.75) is 6.54 Å². The number of hydrogen-bond acceptors (Lipinski definition) is 4. The van der Waals surface area contributed by atoms with Crippen LogP contribution in [0.1, 0.15) is 5.56 Å². The van der Waals surface area contributed by atoms with Crippen LogP contribution in [0.15, 0.2) is 42.5 Å². The number of nitrogens with one attached hydrogen (secondary N) is 1. The first-order valence-electron chi connectivity index (χ1n) is 6.43. The number of nitrogens with zero attached hydrogens (tertiary/aromatic N) is 1. The number of non-ortho nitro benzene ring substituents is 1. The van der Waals surface area contributed by atoms with Crippen LogP contribution in [0.4, 0.5) is 11.4 Å². The highest BCUT2D eigenvalue weighted by atomic mass is 35.5. The Morgan fingerprint density at radius 1 is 1.27 bits per heavy atom. The zero-order valence-corrected chi connectivity index (χ0v) is 12.3. The second-order valence-corrected chi connectivity index (χ2v) is 4.84. The van der Waals surface area contributed by atoms with Crippen molar-refractivity contribution in [2.24, 2.45) is 0 Å². The number of anilines is 1. The summed E-state index contributed by atoms with van der Waals surface area (Å²) in [6, 6.07) is 11.4. The summed E-state index contributed by atoms with van der Waals surface area (Å²) in [5.74, 6) is 3.06. The molecule has 0 saturated heterocycles. The molecule has 0 atom stereocenters. The molecular weight excluding hydrogens is 304 g/mol. The van der Waals surface area contributed by atoms with Gasteiger partial charge in [0.15, 0.2) is 0 Å². The lowest BCUT2D eigenvalue weighted by atomic mass is 10.2. The van der Waals surface area contributed by atoms with E-state index in [0.29, 0.717) is 17.3 Å². The average Bonchev–Trinajstić information content (AvgIpc) is 2.52. The highest BCUT2D eigenvalue weighted by molar-refractivity contribution is 6.30. The van der Waals surface area contributed by atoms with Crippen LogP contribution in [0.5, 0.6) is 5.75 Å². The fourth-order valence-electron chi connectivity index (χ4n) is 1.84. The lowest BCUT2D eigenvalue weighted by Crippen LogP contribution is -2.04. The molecule has 0 aromatic heterocycles. The van der Waals surface area contributed by atoms with Gasteiger partial charge in [-0.15, -0.1) is 6.42 Å². The Labute approximate surface area is 133 Å². The summed E-state index contributed by atoms with van der Waals surface area (Å²) in [7, 11) is 0. The topological polar surface area (TPSA) is 64.4 Å². The van der Waals surface area contributed by atoms with Crippen LogP contribution < -0.4 is 10.1 Å². The van der Waals surface area contributed by atoms with Crippen molar-refractivity contribution in [2.75, 3.05) is 11.9 Å². The van der Waals surface area contributed by atoms with Crippen molar-refractivity contribution in [1.29, 1.82) is 0 Å². The lowest BCUT2D eigenvalue weighted by Gasteiger charge is -2.12. The van der Waals surface area contributed by atoms with Gasteiger partial charge in [0.05, 0.1) is 4.92 Å². The van der Waals surface area contributed by atoms with E-state index in [-0.39, 0.29) is 12.3 Å². The molecule has 0 radical (unpaired) electrons. The van der Waals surface area contributed by atoms with Crippen LogP contribution in [0.25, 0.3) is 0 Å². The summed E-state index contributed by atoms with van der Waals surface area (Å²) in [5, 5.41) is 14.4. The first-order valence-corrected chi connectivity index (χ1v) is 6.81. The Kier molecular flexibility index (Phi) is 5.23. The van der Waals surface area contributed by atoms with Crippen molar-refractivity contribution in [3.8, 4) is 18.1 Å². The molecular formula is C16H13ClN2O3. The molecule has 0 heterocycles. The molecule has 0 fully saturated rings. The molecule has 22 heavy (non-hydrogen) atoms. The zero-order valence-electron chi connectivity index (χ0n) is 11.6. The van der Waals surface area contributed by atoms with Crippen LogP contribution in [-0.2, 0) is 6.54 Å². The van der Waals surface area contributed by atoms with Gasteiger partial charge in [-0.05, 0) is 30.3 Å². The normalized spacial score (nSPS) is 9.82. The van der Waals surface area contributed by atoms with Gasteiger partial charge >= 0.3 is 0 Å². The highest BCUT2D eigenvalue weighted by Crippen LogP contribution is 2.24. The first kappa shape index (κ1) is 15.7. The van der Waals surface area contributed by atoms with E-state index >= 15 is 0 Å². The van der Waals surface area contributed by atoms with E-state index in [1.165, 1.54) is 12.1 Å². The van der Waals surface area contributed by atoms with Crippen molar-refractivity contribution in [3.05, 3.63) is 63.2 Å². The van der Waals surface area contributed by atoms with E-state index in [1.807, 2.05) is 0 Å². The Morgan fingerprint density at radius 3 is 2.64 bits per heavy atom. The van der Waals surface area contributed by atoms with Gasteiger partial charge in [-0.25, -0.2) is 0 Å². The molecule has 6 heteroatoms. The van der Waals surface area contributed by atoms with Crippen molar-refractivity contribution < 1.29 is 9.66 Å². The highest BCUT2D eigenvalue weighted by Gasteiger charge is 2.07. The molecule has 0 aliphatic carbocycles. The van der Waals surface area contributed by atoms with Gasteiger partial charge in [0.2, 0.25) is 0 Å². The standard InChI is InChI=1S/C16H13ClN2O3/c1-2-9-22-16-8-3-13(17)10-12(16)11-18-14-4-6-15(7-5-14)19(20)21/h1,3-8,10,18H,9,11H2. The zero-order chi connectivity index (χ0) is 15.9. The second kappa shape index (κ2) is 7.34. The number of halogens is 1. The number of rotatable bonds is 6. The lowest BCUT2D eigenvalue weighted by molar-refractivity contribution is -0.384. The van der Waals surface area contributed by atoms with Crippen LogP contribution in [0, 0.1) is 22.5 Å². The predicted octanol–water partition coefficient (Wildman–Crippen LogP) is 3.87. The Hall–Kier alpha value is -2.71. The van der Waals surface area contributed by atoms with Crippen LogP contribution in [0.3, 0.4) is 0 Å². The minimum absolute atomic E-state index is 0.0475. The summed E-state index contributed by atoms with van der Waals surface area (Å²) < 4.78 is 5.46. The molecule has 2 rings (SSSR count). The summed E-state index contributed by atoms with van der Waals surface area (Å²) >= 11 is 5.99. The number of nitro benzene ring substituents is 1. The van der Waals surface area contributed by atoms with E-state index in [4.69, 9.17) is 22.8 Å². The SMILES string of the molecule is C#CCOc1ccc(Cl)cc1CNc1ccc([N+](=O)[O-])cc1. The summed E-state index contributed by atoms with van der Waals surface area (Å²) in [4.78, 5) is 10.2. The molecule has 0 aliphatic heterocycles. The monoisotopic (exact) mass is 316 g/mol. The van der Waals surface area contributed by atoms with Gasteiger partial charge < -0.3 is 10.1 Å². The summed E-state index contributed by atoms with van der Waals surface area (Å²) in [6.07, 6.45) is 5.19. The molecule has 1 N–H and O–H groups in total. The maximum atomic E-state index is 10.6. The largest absolute Gasteiger partial charge is 0.481 e. The van der Waals surface area contributed by atoms with Crippen LogP contribution >= 0.6 is 11.6 Å². The van der Waals surface area contributed by atoms with Gasteiger partial charge in [-0.2, -0.15) is 0 Å². The van der Waals surface area contributed by atoms with Gasteiger partial charge in [-0.1, -0.05) is 17.5 Å². The van der Waals surface area contributed by atoms with Crippen LogP contribution in [-0.4, -0.2) is 11.5 Å².